The molecule has 1 aliphatic carbocycles. The predicted octanol–water partition coefficient (Wildman–Crippen LogP) is 4.93. The van der Waals surface area contributed by atoms with Gasteiger partial charge in [-0.2, -0.15) is 18.3 Å². The lowest BCUT2D eigenvalue weighted by Gasteiger charge is -2.31. The molecule has 32 heavy (non-hydrogen) atoms. The van der Waals surface area contributed by atoms with Crippen molar-refractivity contribution in [1.82, 2.24) is 20.0 Å². The van der Waals surface area contributed by atoms with E-state index in [0.29, 0.717) is 16.9 Å². The molecule has 2 aromatic rings. The number of hydrogen-bond acceptors (Lipinski definition) is 3. The first kappa shape index (κ1) is 22.6. The van der Waals surface area contributed by atoms with Gasteiger partial charge in [-0.25, -0.2) is 4.68 Å². The number of hydrogen-bond donors (Lipinski definition) is 1. The fourth-order valence-electron chi connectivity index (χ4n) is 4.14. The van der Waals surface area contributed by atoms with Crippen LogP contribution < -0.4 is 5.32 Å². The fraction of sp³-hybridized carbons (Fsp3) is 0.500. The van der Waals surface area contributed by atoms with Crippen LogP contribution in [0.1, 0.15) is 67.1 Å². The highest BCUT2D eigenvalue weighted by atomic mass is 19.4. The topological polar surface area (TPSA) is 50.2 Å². The predicted molar refractivity (Wildman–Crippen MR) is 117 cm³/mol. The van der Waals surface area contributed by atoms with Crippen molar-refractivity contribution in [2.75, 3.05) is 19.6 Å². The Morgan fingerprint density at radius 3 is 2.53 bits per heavy atom. The minimum Gasteiger partial charge on any atom is -0.349 e. The number of rotatable bonds is 6. The van der Waals surface area contributed by atoms with Crippen LogP contribution in [0.15, 0.2) is 42.1 Å². The number of likely N-dealkylation sites (tertiary alicyclic amines) is 1. The van der Waals surface area contributed by atoms with Crippen molar-refractivity contribution in [3.05, 3.63) is 58.9 Å². The molecule has 0 unspecified atom stereocenters. The SMILES string of the molecule is CC(C)=CCN1CCC(NC(=O)c2cnn(-c3cccc(C(F)(F)F)c3)c2C2CC2)CC1. The highest BCUT2D eigenvalue weighted by molar-refractivity contribution is 5.95. The molecule has 1 N–H and O–H groups in total. The van der Waals surface area contributed by atoms with Crippen molar-refractivity contribution in [2.45, 2.75) is 57.7 Å². The highest BCUT2D eigenvalue weighted by Crippen LogP contribution is 2.43. The van der Waals surface area contributed by atoms with E-state index in [2.05, 4.69) is 35.2 Å². The van der Waals surface area contributed by atoms with Gasteiger partial charge >= 0.3 is 6.18 Å². The second kappa shape index (κ2) is 9.10. The maximum absolute atomic E-state index is 13.2. The van der Waals surface area contributed by atoms with Crippen molar-refractivity contribution >= 4 is 5.91 Å². The number of piperidine rings is 1. The molecule has 1 aromatic carbocycles. The summed E-state index contributed by atoms with van der Waals surface area (Å²) in [4.78, 5) is 15.4. The summed E-state index contributed by atoms with van der Waals surface area (Å²) in [5.41, 5.74) is 2.08. The highest BCUT2D eigenvalue weighted by Gasteiger charge is 2.35. The summed E-state index contributed by atoms with van der Waals surface area (Å²) in [6.45, 7) is 6.95. The smallest absolute Gasteiger partial charge is 0.349 e. The summed E-state index contributed by atoms with van der Waals surface area (Å²) in [6, 6.07) is 5.19. The van der Waals surface area contributed by atoms with E-state index in [1.165, 1.54) is 22.5 Å². The van der Waals surface area contributed by atoms with E-state index in [9.17, 15) is 18.0 Å². The monoisotopic (exact) mass is 446 g/mol. The lowest BCUT2D eigenvalue weighted by molar-refractivity contribution is -0.137. The first-order valence-electron chi connectivity index (χ1n) is 11.1. The van der Waals surface area contributed by atoms with Crippen LogP contribution in [0.5, 0.6) is 0 Å². The Bertz CT molecular complexity index is 995. The van der Waals surface area contributed by atoms with E-state index in [1.54, 1.807) is 6.07 Å². The van der Waals surface area contributed by atoms with E-state index in [0.717, 1.165) is 57.5 Å². The van der Waals surface area contributed by atoms with Crippen molar-refractivity contribution < 1.29 is 18.0 Å². The van der Waals surface area contributed by atoms with Gasteiger partial charge in [-0.1, -0.05) is 17.7 Å². The van der Waals surface area contributed by atoms with Crippen LogP contribution in [0.2, 0.25) is 0 Å². The number of alkyl halides is 3. The van der Waals surface area contributed by atoms with Crippen LogP contribution in [0, 0.1) is 0 Å². The van der Waals surface area contributed by atoms with Gasteiger partial charge in [-0.3, -0.25) is 9.69 Å². The van der Waals surface area contributed by atoms with Gasteiger partial charge in [0, 0.05) is 31.6 Å². The second-order valence-corrected chi connectivity index (χ2v) is 9.01. The summed E-state index contributed by atoms with van der Waals surface area (Å²) in [6.07, 6.45) is 2.85. The Morgan fingerprint density at radius 1 is 1.19 bits per heavy atom. The molecule has 1 saturated heterocycles. The first-order chi connectivity index (χ1) is 15.2. The zero-order valence-corrected chi connectivity index (χ0v) is 18.5. The minimum absolute atomic E-state index is 0.0920. The number of allylic oxidation sites excluding steroid dienone is 1. The average Bonchev–Trinajstić information content (AvgIpc) is 3.50. The molecule has 0 spiro atoms. The molecular formula is C24H29F3N4O. The normalized spacial score (nSPS) is 17.9. The molecule has 0 atom stereocenters. The summed E-state index contributed by atoms with van der Waals surface area (Å²) in [5, 5.41) is 7.44. The number of carbonyl (C=O) groups excluding carboxylic acids is 1. The molecule has 1 aliphatic heterocycles. The van der Waals surface area contributed by atoms with Gasteiger partial charge in [0.25, 0.3) is 5.91 Å². The van der Waals surface area contributed by atoms with Gasteiger partial charge in [0.2, 0.25) is 0 Å². The molecule has 172 valence electrons. The van der Waals surface area contributed by atoms with Crippen LogP contribution in [0.4, 0.5) is 13.2 Å². The zero-order chi connectivity index (χ0) is 22.9. The molecule has 8 heteroatoms. The molecule has 2 aliphatic rings. The van der Waals surface area contributed by atoms with Crippen molar-refractivity contribution in [2.24, 2.45) is 0 Å². The first-order valence-corrected chi connectivity index (χ1v) is 11.1. The van der Waals surface area contributed by atoms with E-state index < -0.39 is 11.7 Å². The van der Waals surface area contributed by atoms with E-state index in [4.69, 9.17) is 0 Å². The Balaban J connectivity index is 1.48. The molecule has 1 aromatic heterocycles. The molecule has 4 rings (SSSR count). The number of carbonyl (C=O) groups is 1. The molecule has 0 bridgehead atoms. The molecule has 1 amide bonds. The van der Waals surface area contributed by atoms with Crippen LogP contribution in [-0.4, -0.2) is 46.3 Å². The summed E-state index contributed by atoms with van der Waals surface area (Å²) >= 11 is 0. The second-order valence-electron chi connectivity index (χ2n) is 9.01. The lowest BCUT2D eigenvalue weighted by atomic mass is 10.0. The number of benzene rings is 1. The molecular weight excluding hydrogens is 417 g/mol. The maximum Gasteiger partial charge on any atom is 0.416 e. The fourth-order valence-corrected chi connectivity index (χ4v) is 4.14. The third-order valence-corrected chi connectivity index (χ3v) is 6.11. The molecule has 2 fully saturated rings. The zero-order valence-electron chi connectivity index (χ0n) is 18.5. The average molecular weight is 447 g/mol. The van der Waals surface area contributed by atoms with Crippen LogP contribution in [0.25, 0.3) is 5.69 Å². The largest absolute Gasteiger partial charge is 0.416 e. The molecule has 5 nitrogen and oxygen atoms in total. The Hall–Kier alpha value is -2.61. The van der Waals surface area contributed by atoms with Gasteiger partial charge in [0.05, 0.1) is 28.7 Å². The maximum atomic E-state index is 13.2. The Morgan fingerprint density at radius 2 is 1.91 bits per heavy atom. The third-order valence-electron chi connectivity index (χ3n) is 6.11. The Labute approximate surface area is 186 Å². The standard InChI is InChI=1S/C24H29F3N4O/c1-16(2)8-11-30-12-9-19(10-13-30)29-23(32)21-15-28-31(22(21)17-6-7-17)20-5-3-4-18(14-20)24(25,26)27/h3-5,8,14-15,17,19H,6-7,9-13H2,1-2H3,(H,29,32). The van der Waals surface area contributed by atoms with Crippen LogP contribution in [0.3, 0.4) is 0 Å². The number of halogens is 3. The summed E-state index contributed by atoms with van der Waals surface area (Å²) in [7, 11) is 0. The number of nitrogens with one attached hydrogen (secondary N) is 1. The van der Waals surface area contributed by atoms with Gasteiger partial charge in [0.15, 0.2) is 0 Å². The van der Waals surface area contributed by atoms with Crippen molar-refractivity contribution in [1.29, 1.82) is 0 Å². The quantitative estimate of drug-likeness (QED) is 0.641. The molecule has 2 heterocycles. The van der Waals surface area contributed by atoms with Crippen molar-refractivity contribution in [3.63, 3.8) is 0 Å². The molecule has 0 radical (unpaired) electrons. The van der Waals surface area contributed by atoms with E-state index >= 15 is 0 Å². The van der Waals surface area contributed by atoms with Gasteiger partial charge in [-0.05, 0) is 57.7 Å². The lowest BCUT2D eigenvalue weighted by Crippen LogP contribution is -2.44. The number of aromatic nitrogens is 2. The van der Waals surface area contributed by atoms with Crippen molar-refractivity contribution in [3.8, 4) is 5.69 Å². The number of amides is 1. The van der Waals surface area contributed by atoms with Gasteiger partial charge in [-0.15, -0.1) is 0 Å². The Kier molecular flexibility index (Phi) is 6.42. The van der Waals surface area contributed by atoms with E-state index in [-0.39, 0.29) is 17.9 Å². The molecule has 1 saturated carbocycles. The third kappa shape index (κ3) is 5.23. The van der Waals surface area contributed by atoms with Gasteiger partial charge < -0.3 is 5.32 Å². The van der Waals surface area contributed by atoms with Gasteiger partial charge in [0.1, 0.15) is 0 Å². The summed E-state index contributed by atoms with van der Waals surface area (Å²) < 4.78 is 41.0. The minimum atomic E-state index is -4.43. The van der Waals surface area contributed by atoms with E-state index in [1.807, 2.05) is 0 Å². The van der Waals surface area contributed by atoms with Crippen LogP contribution >= 0.6 is 0 Å². The van der Waals surface area contributed by atoms with Crippen LogP contribution in [-0.2, 0) is 6.18 Å². The summed E-state index contributed by atoms with van der Waals surface area (Å²) in [5.74, 6) is -0.0356. The number of nitrogens with zero attached hydrogens (tertiary/aromatic N) is 3.